The summed E-state index contributed by atoms with van der Waals surface area (Å²) in [4.78, 5) is 30.3. The van der Waals surface area contributed by atoms with Gasteiger partial charge in [-0.1, -0.05) is 25.5 Å². The lowest BCUT2D eigenvalue weighted by atomic mass is 9.67. The van der Waals surface area contributed by atoms with Gasteiger partial charge in [0.15, 0.2) is 0 Å². The molecule has 1 amide bonds. The summed E-state index contributed by atoms with van der Waals surface area (Å²) in [6.45, 7) is 5.78. The lowest BCUT2D eigenvalue weighted by molar-refractivity contribution is -0.137. The van der Waals surface area contributed by atoms with E-state index in [1.165, 1.54) is 6.42 Å². The number of alkyl halides is 3. The highest BCUT2D eigenvalue weighted by atomic mass is 32.2. The van der Waals surface area contributed by atoms with E-state index < -0.39 is 23.5 Å². The first-order valence-corrected chi connectivity index (χ1v) is 17.5. The van der Waals surface area contributed by atoms with Gasteiger partial charge in [-0.05, 0) is 124 Å². The first-order valence-electron chi connectivity index (χ1n) is 16.7. The fourth-order valence-electron chi connectivity index (χ4n) is 7.28. The number of amides is 1. The first-order chi connectivity index (χ1) is 23.8. The Labute approximate surface area is 294 Å². The Kier molecular flexibility index (Phi) is 11.8. The van der Waals surface area contributed by atoms with Gasteiger partial charge in [0.25, 0.3) is 6.47 Å². The van der Waals surface area contributed by atoms with Crippen molar-refractivity contribution in [2.75, 3.05) is 29.8 Å². The zero-order valence-electron chi connectivity index (χ0n) is 28.6. The number of hydrogen-bond donors (Lipinski definition) is 2. The highest BCUT2D eigenvalue weighted by Gasteiger charge is 2.42. The lowest BCUT2D eigenvalue weighted by Crippen LogP contribution is -2.48. The summed E-state index contributed by atoms with van der Waals surface area (Å²) in [7, 11) is 4.05. The standard InChI is InChI=1S/C36H41F4N5OS.CH2O2/c1-22-29(24-8-11-26(12-9-24)44(4)47-28-13-15-34-33(21-28)41-23(2)43(34)3)19-27(45-16-6-5-7-17-45)20-30(22)35(46)42-32-14-10-25(18-31(32)37)36(38,39)40;2-1-3/h8-15,18,21-22,27,29-30H,5-7,16-17,19-20H2,1-4H3,(H,42,46);1H,(H,2,3)/t22-,27?,29?,30?;/m1./s1. The minimum absolute atomic E-state index is 0.0555. The largest absolute Gasteiger partial charge is 0.483 e. The molecule has 1 aliphatic carbocycles. The molecule has 4 aromatic rings. The quantitative estimate of drug-likeness (QED) is 0.113. The number of imidazole rings is 1. The molecule has 8 nitrogen and oxygen atoms in total. The number of piperidine rings is 1. The number of likely N-dealkylation sites (tertiary alicyclic amines) is 1. The summed E-state index contributed by atoms with van der Waals surface area (Å²) >= 11 is 1.63. The molecule has 2 N–H and O–H groups in total. The summed E-state index contributed by atoms with van der Waals surface area (Å²) in [5, 5.41) is 9.52. The Morgan fingerprint density at radius 2 is 1.72 bits per heavy atom. The second kappa shape index (κ2) is 15.8. The van der Waals surface area contributed by atoms with Crippen LogP contribution in [-0.4, -0.2) is 58.1 Å². The molecule has 268 valence electrons. The fourth-order valence-corrected chi connectivity index (χ4v) is 8.11. The maximum atomic E-state index is 14.7. The van der Waals surface area contributed by atoms with Crippen LogP contribution in [0.2, 0.25) is 0 Å². The summed E-state index contributed by atoms with van der Waals surface area (Å²) in [5.74, 6) is -0.864. The number of anilines is 2. The average molecular weight is 714 g/mol. The zero-order valence-corrected chi connectivity index (χ0v) is 29.4. The molecule has 1 saturated carbocycles. The molecule has 1 aromatic heterocycles. The van der Waals surface area contributed by atoms with E-state index in [9.17, 15) is 22.4 Å². The number of halogens is 4. The number of nitrogens with zero attached hydrogens (tertiary/aromatic N) is 4. The van der Waals surface area contributed by atoms with Crippen molar-refractivity contribution in [3.63, 3.8) is 0 Å². The second-order valence-electron chi connectivity index (χ2n) is 13.1. The van der Waals surface area contributed by atoms with E-state index in [1.807, 2.05) is 21.0 Å². The molecule has 3 aromatic carbocycles. The van der Waals surface area contributed by atoms with Crippen molar-refractivity contribution in [3.8, 4) is 0 Å². The molecule has 1 saturated heterocycles. The highest BCUT2D eigenvalue weighted by molar-refractivity contribution is 8.00. The number of carbonyl (C=O) groups is 2. The van der Waals surface area contributed by atoms with Crippen molar-refractivity contribution in [1.29, 1.82) is 0 Å². The molecule has 3 unspecified atom stereocenters. The minimum Gasteiger partial charge on any atom is -0.483 e. The third-order valence-electron chi connectivity index (χ3n) is 10.1. The maximum Gasteiger partial charge on any atom is 0.416 e. The van der Waals surface area contributed by atoms with Gasteiger partial charge in [0.1, 0.15) is 11.6 Å². The number of aryl methyl sites for hydroxylation is 2. The number of carboxylic acid groups (broad SMARTS) is 1. The molecule has 2 aliphatic rings. The minimum atomic E-state index is -4.66. The van der Waals surface area contributed by atoms with Crippen molar-refractivity contribution in [3.05, 3.63) is 83.4 Å². The van der Waals surface area contributed by atoms with Gasteiger partial charge in [-0.25, -0.2) is 9.37 Å². The fraction of sp³-hybridized carbons (Fsp3) is 0.432. The number of hydrogen-bond acceptors (Lipinski definition) is 6. The van der Waals surface area contributed by atoms with Gasteiger partial charge in [0.05, 0.1) is 22.3 Å². The molecule has 4 atom stereocenters. The molecule has 13 heteroatoms. The van der Waals surface area contributed by atoms with Crippen LogP contribution >= 0.6 is 11.9 Å². The molecule has 0 spiro atoms. The van der Waals surface area contributed by atoms with Gasteiger partial charge in [-0.15, -0.1) is 0 Å². The summed E-state index contributed by atoms with van der Waals surface area (Å²) in [6, 6.07) is 17.2. The molecule has 0 radical (unpaired) electrons. The first kappa shape index (κ1) is 37.2. The van der Waals surface area contributed by atoms with Crippen LogP contribution in [0.1, 0.15) is 61.9 Å². The predicted molar refractivity (Wildman–Crippen MR) is 189 cm³/mol. The van der Waals surface area contributed by atoms with Crippen LogP contribution in [0.25, 0.3) is 11.0 Å². The van der Waals surface area contributed by atoms with E-state index in [2.05, 4.69) is 73.5 Å². The Bertz CT molecular complexity index is 1790. The van der Waals surface area contributed by atoms with Crippen LogP contribution in [0.15, 0.2) is 65.6 Å². The Balaban J connectivity index is 0.00000156. The molecule has 2 heterocycles. The smallest absolute Gasteiger partial charge is 0.416 e. The van der Waals surface area contributed by atoms with E-state index >= 15 is 0 Å². The molecule has 6 rings (SSSR count). The van der Waals surface area contributed by atoms with E-state index in [4.69, 9.17) is 9.90 Å². The van der Waals surface area contributed by atoms with E-state index in [0.717, 1.165) is 77.5 Å². The van der Waals surface area contributed by atoms with Gasteiger partial charge < -0.3 is 24.2 Å². The topological polar surface area (TPSA) is 90.7 Å². The molecular formula is C37H43F4N5O3S. The van der Waals surface area contributed by atoms with Crippen molar-refractivity contribution in [2.24, 2.45) is 18.9 Å². The normalized spacial score (nSPS) is 21.3. The van der Waals surface area contributed by atoms with Crippen molar-refractivity contribution < 1.29 is 32.3 Å². The SMILES string of the molecule is Cc1nc2cc(SN(C)c3ccc(C4CC(N5CCCCC5)CC(C(=O)Nc5ccc(C(F)(F)F)cc5F)[C@@H]4C)cc3)ccc2n1C.O=CO. The van der Waals surface area contributed by atoms with Gasteiger partial charge in [-0.2, -0.15) is 13.2 Å². The predicted octanol–water partition coefficient (Wildman–Crippen LogP) is 8.51. The summed E-state index contributed by atoms with van der Waals surface area (Å²) in [6.07, 6.45) is 0.317. The maximum absolute atomic E-state index is 14.7. The van der Waals surface area contributed by atoms with Crippen LogP contribution in [0.4, 0.5) is 28.9 Å². The van der Waals surface area contributed by atoms with Gasteiger partial charge >= 0.3 is 6.18 Å². The third kappa shape index (κ3) is 8.43. The number of carbonyl (C=O) groups excluding carboxylic acids is 1. The molecule has 1 aliphatic heterocycles. The molecule has 0 bridgehead atoms. The van der Waals surface area contributed by atoms with Crippen molar-refractivity contribution in [1.82, 2.24) is 14.5 Å². The monoisotopic (exact) mass is 713 g/mol. The lowest BCUT2D eigenvalue weighted by Gasteiger charge is -2.45. The van der Waals surface area contributed by atoms with Crippen LogP contribution in [0.5, 0.6) is 0 Å². The van der Waals surface area contributed by atoms with Gasteiger partial charge in [0, 0.05) is 36.6 Å². The van der Waals surface area contributed by atoms with Crippen molar-refractivity contribution >= 4 is 46.7 Å². The molecular weight excluding hydrogens is 670 g/mol. The number of fused-ring (bicyclic) bond motifs is 1. The molecule has 50 heavy (non-hydrogen) atoms. The second-order valence-corrected chi connectivity index (χ2v) is 14.3. The van der Waals surface area contributed by atoms with E-state index in [1.54, 1.807) is 11.9 Å². The van der Waals surface area contributed by atoms with Crippen LogP contribution in [0, 0.1) is 24.6 Å². The number of rotatable bonds is 7. The van der Waals surface area contributed by atoms with Crippen LogP contribution in [-0.2, 0) is 22.8 Å². The van der Waals surface area contributed by atoms with Crippen LogP contribution in [0.3, 0.4) is 0 Å². The summed E-state index contributed by atoms with van der Waals surface area (Å²) in [5.41, 5.74) is 2.94. The number of aromatic nitrogens is 2. The number of benzene rings is 3. The summed E-state index contributed by atoms with van der Waals surface area (Å²) < 4.78 is 58.2. The van der Waals surface area contributed by atoms with E-state index in [0.29, 0.717) is 12.5 Å². The molecule has 2 fully saturated rings. The average Bonchev–Trinajstić information content (AvgIpc) is 3.37. The highest BCUT2D eigenvalue weighted by Crippen LogP contribution is 2.44. The van der Waals surface area contributed by atoms with Gasteiger partial charge in [0.2, 0.25) is 5.91 Å². The zero-order chi connectivity index (χ0) is 36.2. The van der Waals surface area contributed by atoms with Gasteiger partial charge in [-0.3, -0.25) is 9.59 Å². The Morgan fingerprint density at radius 1 is 1.04 bits per heavy atom. The number of nitrogens with one attached hydrogen (secondary N) is 1. The van der Waals surface area contributed by atoms with E-state index in [-0.39, 0.29) is 35.9 Å². The van der Waals surface area contributed by atoms with Crippen molar-refractivity contribution in [2.45, 2.75) is 69.0 Å². The Hall–Kier alpha value is -4.10. The third-order valence-corrected chi connectivity index (χ3v) is 11.1. The Morgan fingerprint density at radius 3 is 2.36 bits per heavy atom. The van der Waals surface area contributed by atoms with Crippen LogP contribution < -0.4 is 9.62 Å².